The molecule has 0 fully saturated rings. The highest BCUT2D eigenvalue weighted by molar-refractivity contribution is 6.43. The van der Waals surface area contributed by atoms with E-state index in [0.29, 0.717) is 33.0 Å². The Kier molecular flexibility index (Phi) is 32.4. The van der Waals surface area contributed by atoms with Gasteiger partial charge in [-0.15, -0.1) is 0 Å². The molecule has 0 radical (unpaired) electrons. The van der Waals surface area contributed by atoms with E-state index in [4.69, 9.17) is 27.8 Å². The maximum atomic E-state index is 5.49. The van der Waals surface area contributed by atoms with Gasteiger partial charge < -0.3 is 27.8 Å². The van der Waals surface area contributed by atoms with E-state index >= 15 is 0 Å². The summed E-state index contributed by atoms with van der Waals surface area (Å²) in [5, 5.41) is 1.54. The second kappa shape index (κ2) is 28.9. The van der Waals surface area contributed by atoms with Crippen molar-refractivity contribution >= 4 is 29.0 Å². The van der Waals surface area contributed by atoms with E-state index in [-0.39, 0.29) is 9.52 Å². The van der Waals surface area contributed by atoms with E-state index in [9.17, 15) is 0 Å². The fourth-order valence-corrected chi connectivity index (χ4v) is 3.86. The molecular formula is C25H56O6Si3. The van der Waals surface area contributed by atoms with E-state index < -0.39 is 19.5 Å². The van der Waals surface area contributed by atoms with Gasteiger partial charge >= 0.3 is 0 Å². The SMILES string of the molecule is CC.CC/C(C)=C(C)/C(C)=C(\C)COCOC[SiH2]OC.CO[SiH2]COCOC/C(C)=C(\C)[SiH2]C. The van der Waals surface area contributed by atoms with Gasteiger partial charge in [0, 0.05) is 23.7 Å². The van der Waals surface area contributed by atoms with Crippen molar-refractivity contribution < 1.29 is 27.8 Å². The lowest BCUT2D eigenvalue weighted by Crippen LogP contribution is -2.10. The Morgan fingerprint density at radius 3 is 1.41 bits per heavy atom. The van der Waals surface area contributed by atoms with E-state index in [1.54, 1.807) is 14.2 Å². The van der Waals surface area contributed by atoms with Gasteiger partial charge in [0.05, 0.1) is 25.7 Å². The molecule has 0 unspecified atom stereocenters. The van der Waals surface area contributed by atoms with E-state index in [1.165, 1.54) is 33.1 Å². The van der Waals surface area contributed by atoms with Crippen molar-refractivity contribution in [2.75, 3.05) is 53.5 Å². The molecule has 9 heteroatoms. The van der Waals surface area contributed by atoms with Crippen molar-refractivity contribution in [1.82, 2.24) is 0 Å². The zero-order valence-corrected chi connectivity index (χ0v) is 28.8. The minimum absolute atomic E-state index is 0.0110. The zero-order valence-electron chi connectivity index (χ0n) is 24.5. The van der Waals surface area contributed by atoms with E-state index in [1.807, 2.05) is 13.8 Å². The standard InChI is InChI=1S/C14H28O3Si.C9H22O3Si2.C2H6/c1-7-11(2)13(4)14(5)12(3)8-16-9-17-10-18-15-6;1-8(9(2)13-4)5-11-6-12-7-14-10-3;1-2/h7-10,18H2,1-6H3;5-7,13-14H2,1-4H3;1-2H3/b13-11+,14-12+;9-8+;. The number of hydrogen-bond acceptors (Lipinski definition) is 6. The summed E-state index contributed by atoms with van der Waals surface area (Å²) in [6.45, 7) is 23.5. The van der Waals surface area contributed by atoms with Crippen LogP contribution in [0.15, 0.2) is 33.1 Å². The fourth-order valence-electron chi connectivity index (χ4n) is 2.35. The van der Waals surface area contributed by atoms with Crippen LogP contribution < -0.4 is 0 Å². The molecule has 0 aromatic carbocycles. The summed E-state index contributed by atoms with van der Waals surface area (Å²) < 4.78 is 31.4. The predicted molar refractivity (Wildman–Crippen MR) is 156 cm³/mol. The molecule has 0 aliphatic heterocycles. The molecule has 6 nitrogen and oxygen atoms in total. The Balaban J connectivity index is -0.000000541. The van der Waals surface area contributed by atoms with Gasteiger partial charge in [0.1, 0.15) is 13.6 Å². The molecule has 0 aliphatic carbocycles. The van der Waals surface area contributed by atoms with Gasteiger partial charge in [0.25, 0.3) is 0 Å². The number of hydrogen-bond donors (Lipinski definition) is 0. The van der Waals surface area contributed by atoms with Crippen molar-refractivity contribution in [2.24, 2.45) is 0 Å². The van der Waals surface area contributed by atoms with Crippen molar-refractivity contribution in [3.05, 3.63) is 33.1 Å². The van der Waals surface area contributed by atoms with Crippen molar-refractivity contribution in [2.45, 2.75) is 75.3 Å². The largest absolute Gasteiger partial charge is 0.425 e. The lowest BCUT2D eigenvalue weighted by Gasteiger charge is -2.12. The first-order chi connectivity index (χ1) is 16.3. The van der Waals surface area contributed by atoms with Crippen LogP contribution in [0.5, 0.6) is 0 Å². The molecule has 0 saturated heterocycles. The van der Waals surface area contributed by atoms with Gasteiger partial charge in [-0.1, -0.05) is 43.7 Å². The molecular weight excluding hydrogens is 481 g/mol. The van der Waals surface area contributed by atoms with Gasteiger partial charge in [-0.25, -0.2) is 0 Å². The minimum atomic E-state index is -0.490. The third kappa shape index (κ3) is 23.4. The first-order valence-electron chi connectivity index (χ1n) is 12.5. The number of allylic oxidation sites excluding steroid dienone is 4. The zero-order chi connectivity index (χ0) is 26.8. The smallest absolute Gasteiger partial charge is 0.186 e. The Labute approximate surface area is 218 Å². The predicted octanol–water partition coefficient (Wildman–Crippen LogP) is 3.95. The van der Waals surface area contributed by atoms with Crippen LogP contribution in [-0.2, 0) is 27.8 Å². The fraction of sp³-hybridized carbons (Fsp3) is 0.760. The highest BCUT2D eigenvalue weighted by Gasteiger charge is 2.03. The molecule has 0 amide bonds. The quantitative estimate of drug-likeness (QED) is 0.121. The summed E-state index contributed by atoms with van der Waals surface area (Å²) in [5.41, 5.74) is 6.79. The molecule has 0 aliphatic rings. The average molecular weight is 537 g/mol. The summed E-state index contributed by atoms with van der Waals surface area (Å²) in [4.78, 5) is 0. The molecule has 0 bridgehead atoms. The van der Waals surface area contributed by atoms with Crippen LogP contribution in [0.3, 0.4) is 0 Å². The van der Waals surface area contributed by atoms with Crippen LogP contribution in [0, 0.1) is 0 Å². The lowest BCUT2D eigenvalue weighted by atomic mass is 9.98. The van der Waals surface area contributed by atoms with Crippen LogP contribution in [0.4, 0.5) is 0 Å². The van der Waals surface area contributed by atoms with Gasteiger partial charge in [-0.2, -0.15) is 0 Å². The topological polar surface area (TPSA) is 55.4 Å². The van der Waals surface area contributed by atoms with Crippen molar-refractivity contribution in [1.29, 1.82) is 0 Å². The van der Waals surface area contributed by atoms with Crippen LogP contribution in [0.2, 0.25) is 6.55 Å². The van der Waals surface area contributed by atoms with Crippen LogP contribution in [-0.4, -0.2) is 82.5 Å². The number of rotatable bonds is 17. The molecule has 0 atom stereocenters. The van der Waals surface area contributed by atoms with Gasteiger partial charge in [0.2, 0.25) is 0 Å². The molecule has 0 aromatic rings. The minimum Gasteiger partial charge on any atom is -0.425 e. The molecule has 204 valence electrons. The highest BCUT2D eigenvalue weighted by Crippen LogP contribution is 2.19. The Morgan fingerprint density at radius 2 is 1.03 bits per heavy atom. The normalized spacial score (nSPS) is 14.1. The average Bonchev–Trinajstić information content (AvgIpc) is 2.87. The molecule has 0 N–H and O–H groups in total. The van der Waals surface area contributed by atoms with Gasteiger partial charge in [-0.3, -0.25) is 0 Å². The summed E-state index contributed by atoms with van der Waals surface area (Å²) in [6.07, 6.45) is 2.55. The summed E-state index contributed by atoms with van der Waals surface area (Å²) in [5.74, 6) is 0. The van der Waals surface area contributed by atoms with Gasteiger partial charge in [0.15, 0.2) is 19.5 Å². The Hall–Kier alpha value is -0.369. The van der Waals surface area contributed by atoms with E-state index in [2.05, 4.69) is 55.0 Å². The first-order valence-corrected chi connectivity index (χ1v) is 17.8. The van der Waals surface area contributed by atoms with Crippen LogP contribution in [0.25, 0.3) is 0 Å². The second-order valence-corrected chi connectivity index (χ2v) is 12.4. The third-order valence-electron chi connectivity index (χ3n) is 5.47. The van der Waals surface area contributed by atoms with Gasteiger partial charge in [-0.05, 0) is 64.7 Å². The van der Waals surface area contributed by atoms with Crippen LogP contribution >= 0.6 is 0 Å². The monoisotopic (exact) mass is 536 g/mol. The summed E-state index contributed by atoms with van der Waals surface area (Å²) >= 11 is 0. The number of ether oxygens (including phenoxy) is 4. The Bertz CT molecular complexity index is 563. The summed E-state index contributed by atoms with van der Waals surface area (Å²) in [6, 6.07) is 0. The molecule has 0 saturated carbocycles. The lowest BCUT2D eigenvalue weighted by molar-refractivity contribution is -0.0318. The molecule has 0 rings (SSSR count). The van der Waals surface area contributed by atoms with Crippen LogP contribution in [0.1, 0.15) is 68.7 Å². The van der Waals surface area contributed by atoms with E-state index in [0.717, 1.165) is 12.7 Å². The van der Waals surface area contributed by atoms with Crippen molar-refractivity contribution in [3.8, 4) is 0 Å². The first kappa shape index (κ1) is 38.2. The maximum absolute atomic E-state index is 5.49. The molecule has 34 heavy (non-hydrogen) atoms. The third-order valence-corrected chi connectivity index (χ3v) is 8.86. The molecule has 0 aromatic heterocycles. The highest BCUT2D eigenvalue weighted by atomic mass is 28.2. The maximum Gasteiger partial charge on any atom is 0.186 e. The Morgan fingerprint density at radius 1 is 0.618 bits per heavy atom. The molecule has 0 heterocycles. The second-order valence-electron chi connectivity index (χ2n) is 7.81. The molecule has 0 spiro atoms. The van der Waals surface area contributed by atoms with Crippen molar-refractivity contribution in [3.63, 3.8) is 0 Å². The summed E-state index contributed by atoms with van der Waals surface area (Å²) in [7, 11) is 2.49.